The van der Waals surface area contributed by atoms with Crippen molar-refractivity contribution in [2.75, 3.05) is 6.54 Å². The Hall–Kier alpha value is -0.710. The number of rotatable bonds is 3. The number of hydrogen-bond donors (Lipinski definition) is 2. The molecule has 0 radical (unpaired) electrons. The van der Waals surface area contributed by atoms with Gasteiger partial charge in [0, 0.05) is 25.3 Å². The average Bonchev–Trinajstić information content (AvgIpc) is 2.14. The summed E-state index contributed by atoms with van der Waals surface area (Å²) in [4.78, 5) is 11.4. The van der Waals surface area contributed by atoms with Gasteiger partial charge in [0.05, 0.1) is 6.10 Å². The van der Waals surface area contributed by atoms with Crippen LogP contribution in [-0.2, 0) is 4.79 Å². The van der Waals surface area contributed by atoms with Crippen molar-refractivity contribution in [3.05, 3.63) is 0 Å². The van der Waals surface area contributed by atoms with E-state index < -0.39 is 12.0 Å². The van der Waals surface area contributed by atoms with Crippen molar-refractivity contribution in [2.24, 2.45) is 5.92 Å². The highest BCUT2D eigenvalue weighted by Crippen LogP contribution is 2.36. The molecule has 0 spiro atoms. The van der Waals surface area contributed by atoms with Crippen LogP contribution in [0.25, 0.3) is 0 Å². The van der Waals surface area contributed by atoms with Gasteiger partial charge in [-0.2, -0.15) is 0 Å². The molecule has 0 aliphatic heterocycles. The molecule has 15 heavy (non-hydrogen) atoms. The Kier molecular flexibility index (Phi) is 4.02. The van der Waals surface area contributed by atoms with Gasteiger partial charge in [-0.1, -0.05) is 0 Å². The smallest absolute Gasteiger partial charge is 0.248 e. The van der Waals surface area contributed by atoms with Crippen molar-refractivity contribution in [1.82, 2.24) is 5.32 Å². The Bertz CT molecular complexity index is 221. The molecule has 5 heteroatoms. The van der Waals surface area contributed by atoms with Crippen molar-refractivity contribution in [1.29, 1.82) is 0 Å². The van der Waals surface area contributed by atoms with E-state index in [1.165, 1.54) is 0 Å². The molecular formula is C10H17F2NO2. The standard InChI is InChI=1S/C10H17F2NO2/c1-7(14)6-13-9(15)8-2-4-10(11,12)5-3-8/h7-8,14H,2-6H2,1H3,(H,13,15). The van der Waals surface area contributed by atoms with Gasteiger partial charge in [-0.15, -0.1) is 0 Å². The fraction of sp³-hybridized carbons (Fsp3) is 0.900. The number of hydrogen-bond acceptors (Lipinski definition) is 2. The Morgan fingerprint density at radius 2 is 2.07 bits per heavy atom. The summed E-state index contributed by atoms with van der Waals surface area (Å²) in [6, 6.07) is 0. The van der Waals surface area contributed by atoms with E-state index in [0.717, 1.165) is 0 Å². The van der Waals surface area contributed by atoms with E-state index in [-0.39, 0.29) is 44.1 Å². The molecule has 0 bridgehead atoms. The van der Waals surface area contributed by atoms with Crippen LogP contribution in [0.3, 0.4) is 0 Å². The van der Waals surface area contributed by atoms with Crippen LogP contribution in [-0.4, -0.2) is 29.6 Å². The molecule has 0 aromatic heterocycles. The summed E-state index contributed by atoms with van der Waals surface area (Å²) in [6.45, 7) is 1.75. The van der Waals surface area contributed by atoms with E-state index in [1.54, 1.807) is 6.92 Å². The first kappa shape index (κ1) is 12.4. The molecule has 1 atom stereocenters. The SMILES string of the molecule is CC(O)CNC(=O)C1CCC(F)(F)CC1. The summed E-state index contributed by atoms with van der Waals surface area (Å²) in [7, 11) is 0. The molecule has 3 nitrogen and oxygen atoms in total. The molecule has 0 aromatic rings. The normalized spacial score (nSPS) is 23.5. The van der Waals surface area contributed by atoms with Gasteiger partial charge in [-0.05, 0) is 19.8 Å². The summed E-state index contributed by atoms with van der Waals surface area (Å²) in [5, 5.41) is 11.5. The number of carbonyl (C=O) groups is 1. The summed E-state index contributed by atoms with van der Waals surface area (Å²) < 4.78 is 25.6. The summed E-state index contributed by atoms with van der Waals surface area (Å²) in [5.74, 6) is -3.13. The van der Waals surface area contributed by atoms with Gasteiger partial charge in [0.15, 0.2) is 0 Å². The molecule has 1 fully saturated rings. The maximum atomic E-state index is 12.8. The molecule has 0 saturated heterocycles. The number of aliphatic hydroxyl groups excluding tert-OH is 1. The highest BCUT2D eigenvalue weighted by Gasteiger charge is 2.37. The minimum Gasteiger partial charge on any atom is -0.392 e. The highest BCUT2D eigenvalue weighted by atomic mass is 19.3. The number of amides is 1. The third-order valence-electron chi connectivity index (χ3n) is 2.66. The molecule has 1 saturated carbocycles. The van der Waals surface area contributed by atoms with Crippen LogP contribution in [0.2, 0.25) is 0 Å². The minimum atomic E-state index is -2.60. The molecule has 0 heterocycles. The van der Waals surface area contributed by atoms with Crippen LogP contribution in [0.4, 0.5) is 8.78 Å². The topological polar surface area (TPSA) is 49.3 Å². The van der Waals surface area contributed by atoms with Crippen molar-refractivity contribution >= 4 is 5.91 Å². The van der Waals surface area contributed by atoms with Gasteiger partial charge in [0.2, 0.25) is 11.8 Å². The molecule has 0 aromatic carbocycles. The van der Waals surface area contributed by atoms with Crippen LogP contribution in [0.1, 0.15) is 32.6 Å². The minimum absolute atomic E-state index is 0.186. The first-order valence-corrected chi connectivity index (χ1v) is 5.24. The first-order valence-electron chi connectivity index (χ1n) is 5.24. The fourth-order valence-electron chi connectivity index (χ4n) is 1.69. The number of carbonyl (C=O) groups excluding carboxylic acids is 1. The Labute approximate surface area is 87.9 Å². The van der Waals surface area contributed by atoms with Gasteiger partial charge in [-0.25, -0.2) is 8.78 Å². The molecular weight excluding hydrogens is 204 g/mol. The molecule has 88 valence electrons. The fourth-order valence-corrected chi connectivity index (χ4v) is 1.69. The van der Waals surface area contributed by atoms with Crippen molar-refractivity contribution in [3.63, 3.8) is 0 Å². The highest BCUT2D eigenvalue weighted by molar-refractivity contribution is 5.78. The largest absolute Gasteiger partial charge is 0.392 e. The van der Waals surface area contributed by atoms with E-state index in [0.29, 0.717) is 0 Å². The zero-order chi connectivity index (χ0) is 11.5. The monoisotopic (exact) mass is 221 g/mol. The van der Waals surface area contributed by atoms with Crippen LogP contribution in [0.15, 0.2) is 0 Å². The van der Waals surface area contributed by atoms with E-state index >= 15 is 0 Å². The first-order chi connectivity index (χ1) is 6.91. The predicted octanol–water partition coefficient (Wildman–Crippen LogP) is 1.31. The Balaban J connectivity index is 2.30. The average molecular weight is 221 g/mol. The van der Waals surface area contributed by atoms with E-state index in [4.69, 9.17) is 5.11 Å². The zero-order valence-corrected chi connectivity index (χ0v) is 8.80. The van der Waals surface area contributed by atoms with E-state index in [1.807, 2.05) is 0 Å². The lowest BCUT2D eigenvalue weighted by Gasteiger charge is -2.27. The number of alkyl halides is 2. The lowest BCUT2D eigenvalue weighted by Crippen LogP contribution is -2.38. The number of nitrogens with one attached hydrogen (secondary N) is 1. The van der Waals surface area contributed by atoms with Crippen molar-refractivity contribution in [2.45, 2.75) is 44.6 Å². The number of halogens is 2. The molecule has 1 aliphatic carbocycles. The molecule has 1 rings (SSSR count). The molecule has 1 unspecified atom stereocenters. The number of aliphatic hydroxyl groups is 1. The van der Waals surface area contributed by atoms with E-state index in [9.17, 15) is 13.6 Å². The predicted molar refractivity (Wildman–Crippen MR) is 51.6 cm³/mol. The lowest BCUT2D eigenvalue weighted by atomic mass is 9.86. The van der Waals surface area contributed by atoms with Crippen LogP contribution in [0, 0.1) is 5.92 Å². The van der Waals surface area contributed by atoms with Gasteiger partial charge >= 0.3 is 0 Å². The molecule has 1 aliphatic rings. The second-order valence-corrected chi connectivity index (χ2v) is 4.22. The Morgan fingerprint density at radius 3 is 2.53 bits per heavy atom. The van der Waals surface area contributed by atoms with Crippen molar-refractivity contribution < 1.29 is 18.7 Å². The Morgan fingerprint density at radius 1 is 1.53 bits per heavy atom. The quantitative estimate of drug-likeness (QED) is 0.755. The third kappa shape index (κ3) is 4.11. The van der Waals surface area contributed by atoms with Gasteiger partial charge < -0.3 is 10.4 Å². The second kappa shape index (κ2) is 4.88. The lowest BCUT2D eigenvalue weighted by molar-refractivity contribution is -0.129. The van der Waals surface area contributed by atoms with Crippen molar-refractivity contribution in [3.8, 4) is 0 Å². The summed E-state index contributed by atoms with van der Waals surface area (Å²) in [6.07, 6.45) is -0.546. The molecule has 1 amide bonds. The van der Waals surface area contributed by atoms with Gasteiger partial charge in [-0.3, -0.25) is 4.79 Å². The van der Waals surface area contributed by atoms with Crippen LogP contribution in [0.5, 0.6) is 0 Å². The maximum absolute atomic E-state index is 12.8. The van der Waals surface area contributed by atoms with Crippen LogP contribution < -0.4 is 5.32 Å². The summed E-state index contributed by atoms with van der Waals surface area (Å²) in [5.41, 5.74) is 0. The van der Waals surface area contributed by atoms with Crippen LogP contribution >= 0.6 is 0 Å². The summed E-state index contributed by atoms with van der Waals surface area (Å²) >= 11 is 0. The third-order valence-corrected chi connectivity index (χ3v) is 2.66. The second-order valence-electron chi connectivity index (χ2n) is 4.22. The molecule has 2 N–H and O–H groups in total. The van der Waals surface area contributed by atoms with E-state index in [2.05, 4.69) is 5.32 Å². The maximum Gasteiger partial charge on any atom is 0.248 e. The zero-order valence-electron chi connectivity index (χ0n) is 8.80. The van der Waals surface area contributed by atoms with Gasteiger partial charge in [0.25, 0.3) is 0 Å². The van der Waals surface area contributed by atoms with Gasteiger partial charge in [0.1, 0.15) is 0 Å².